The van der Waals surface area contributed by atoms with Crippen LogP contribution in [0.1, 0.15) is 50.1 Å². The third-order valence-corrected chi connectivity index (χ3v) is 3.46. The molecule has 0 aliphatic carbocycles. The number of rotatable bonds is 3. The first-order valence-corrected chi connectivity index (χ1v) is 6.41. The second kappa shape index (κ2) is 4.29. The zero-order valence-corrected chi connectivity index (χ0v) is 11.0. The van der Waals surface area contributed by atoms with Crippen molar-refractivity contribution < 1.29 is 4.74 Å². The highest BCUT2D eigenvalue weighted by Gasteiger charge is 2.30. The van der Waals surface area contributed by atoms with Gasteiger partial charge in [-0.1, -0.05) is 25.5 Å². The lowest BCUT2D eigenvalue weighted by Crippen LogP contribution is -2.24. The lowest BCUT2D eigenvalue weighted by Gasteiger charge is -2.16. The van der Waals surface area contributed by atoms with Gasteiger partial charge < -0.3 is 4.74 Å². The number of hydrogen-bond donors (Lipinski definition) is 0. The summed E-state index contributed by atoms with van der Waals surface area (Å²) >= 11 is 6.34. The Balaban J connectivity index is 2.22. The van der Waals surface area contributed by atoms with E-state index in [1.807, 2.05) is 0 Å². The minimum absolute atomic E-state index is 0.0620. The monoisotopic (exact) mass is 238 g/mol. The van der Waals surface area contributed by atoms with Crippen molar-refractivity contribution in [2.75, 3.05) is 0 Å². The summed E-state index contributed by atoms with van der Waals surface area (Å²) in [5.41, 5.74) is 2.46. The molecule has 1 heterocycles. The number of fused-ring (bicyclic) bond motifs is 1. The van der Waals surface area contributed by atoms with Crippen LogP contribution in [0, 0.1) is 0 Å². The molecule has 1 aromatic rings. The van der Waals surface area contributed by atoms with E-state index in [0.29, 0.717) is 0 Å². The average Bonchev–Trinajstić information content (AvgIpc) is 2.50. The average molecular weight is 239 g/mol. The van der Waals surface area contributed by atoms with Crippen molar-refractivity contribution in [3.63, 3.8) is 0 Å². The zero-order chi connectivity index (χ0) is 11.8. The van der Waals surface area contributed by atoms with Crippen LogP contribution in [0.2, 0.25) is 0 Å². The Labute approximate surface area is 103 Å². The maximum Gasteiger partial charge on any atom is 0.123 e. The fourth-order valence-corrected chi connectivity index (χ4v) is 2.60. The normalized spacial score (nSPS) is 19.0. The summed E-state index contributed by atoms with van der Waals surface area (Å²) in [5.74, 6) is 1.02. The van der Waals surface area contributed by atoms with Crippen molar-refractivity contribution >= 4 is 11.6 Å². The molecular formula is C14H19ClO. The molecule has 1 unspecified atom stereocenters. The van der Waals surface area contributed by atoms with Gasteiger partial charge in [0.1, 0.15) is 11.4 Å². The molecule has 0 amide bonds. The van der Waals surface area contributed by atoms with Gasteiger partial charge in [-0.15, -0.1) is 11.6 Å². The van der Waals surface area contributed by atoms with Gasteiger partial charge in [0.25, 0.3) is 0 Å². The van der Waals surface area contributed by atoms with E-state index in [2.05, 4.69) is 39.0 Å². The van der Waals surface area contributed by atoms with Crippen LogP contribution in [0.3, 0.4) is 0 Å². The van der Waals surface area contributed by atoms with E-state index >= 15 is 0 Å². The Hall–Kier alpha value is -0.690. The second-order valence-electron chi connectivity index (χ2n) is 5.16. The predicted molar refractivity (Wildman–Crippen MR) is 68.4 cm³/mol. The van der Waals surface area contributed by atoms with Crippen molar-refractivity contribution in [1.29, 1.82) is 0 Å². The molecule has 1 aliphatic rings. The summed E-state index contributed by atoms with van der Waals surface area (Å²) in [5, 5.41) is 0.138. The molecule has 1 nitrogen and oxygen atoms in total. The van der Waals surface area contributed by atoms with Crippen molar-refractivity contribution in [2.45, 2.75) is 51.0 Å². The molecule has 0 bridgehead atoms. The van der Waals surface area contributed by atoms with Crippen molar-refractivity contribution in [3.05, 3.63) is 29.3 Å². The molecule has 0 saturated heterocycles. The highest BCUT2D eigenvalue weighted by atomic mass is 35.5. The lowest BCUT2D eigenvalue weighted by molar-refractivity contribution is 0.138. The van der Waals surface area contributed by atoms with Gasteiger partial charge in [-0.3, -0.25) is 0 Å². The fraction of sp³-hybridized carbons (Fsp3) is 0.571. The molecule has 1 aromatic carbocycles. The Morgan fingerprint density at radius 1 is 1.44 bits per heavy atom. The summed E-state index contributed by atoms with van der Waals surface area (Å²) < 4.78 is 5.85. The highest BCUT2D eigenvalue weighted by molar-refractivity contribution is 6.20. The molecule has 0 fully saturated rings. The zero-order valence-electron chi connectivity index (χ0n) is 10.2. The summed E-state index contributed by atoms with van der Waals surface area (Å²) in [6, 6.07) is 6.36. The van der Waals surface area contributed by atoms with E-state index < -0.39 is 0 Å². The molecule has 88 valence electrons. The van der Waals surface area contributed by atoms with Crippen LogP contribution in [-0.4, -0.2) is 5.60 Å². The SMILES string of the molecule is CCCC(Cl)c1ccc2c(c1)CC(C)(C)O2. The fourth-order valence-electron chi connectivity index (χ4n) is 2.24. The van der Waals surface area contributed by atoms with Crippen LogP contribution in [0.4, 0.5) is 0 Å². The van der Waals surface area contributed by atoms with Gasteiger partial charge >= 0.3 is 0 Å². The molecule has 16 heavy (non-hydrogen) atoms. The first-order valence-electron chi connectivity index (χ1n) is 5.98. The first kappa shape index (κ1) is 11.8. The number of ether oxygens (including phenoxy) is 1. The maximum absolute atomic E-state index is 6.34. The Morgan fingerprint density at radius 3 is 2.88 bits per heavy atom. The van der Waals surface area contributed by atoms with Gasteiger partial charge in [-0.25, -0.2) is 0 Å². The van der Waals surface area contributed by atoms with E-state index in [0.717, 1.165) is 25.0 Å². The molecule has 0 radical (unpaired) electrons. The molecular weight excluding hydrogens is 220 g/mol. The summed E-state index contributed by atoms with van der Waals surface area (Å²) in [7, 11) is 0. The summed E-state index contributed by atoms with van der Waals surface area (Å²) in [6.45, 7) is 6.41. The summed E-state index contributed by atoms with van der Waals surface area (Å²) in [4.78, 5) is 0. The van der Waals surface area contributed by atoms with Gasteiger partial charge in [0, 0.05) is 6.42 Å². The van der Waals surface area contributed by atoms with E-state index in [-0.39, 0.29) is 11.0 Å². The molecule has 0 N–H and O–H groups in total. The molecule has 1 atom stereocenters. The summed E-state index contributed by atoms with van der Waals surface area (Å²) in [6.07, 6.45) is 3.13. The highest BCUT2D eigenvalue weighted by Crippen LogP contribution is 2.37. The van der Waals surface area contributed by atoms with Crippen LogP contribution in [-0.2, 0) is 6.42 Å². The van der Waals surface area contributed by atoms with Crippen LogP contribution < -0.4 is 4.74 Å². The third-order valence-electron chi connectivity index (χ3n) is 2.99. The Kier molecular flexibility index (Phi) is 3.16. The molecule has 2 heteroatoms. The van der Waals surface area contributed by atoms with Crippen LogP contribution in [0.15, 0.2) is 18.2 Å². The van der Waals surface area contributed by atoms with Gasteiger partial charge in [-0.05, 0) is 37.5 Å². The first-order chi connectivity index (χ1) is 7.52. The van der Waals surface area contributed by atoms with Gasteiger partial charge in [0.2, 0.25) is 0 Å². The lowest BCUT2D eigenvalue weighted by atomic mass is 9.98. The van der Waals surface area contributed by atoms with Crippen LogP contribution in [0.25, 0.3) is 0 Å². The Bertz CT molecular complexity index is 384. The Morgan fingerprint density at radius 2 is 2.19 bits per heavy atom. The number of halogens is 1. The molecule has 2 rings (SSSR count). The van der Waals surface area contributed by atoms with Crippen molar-refractivity contribution in [3.8, 4) is 5.75 Å². The van der Waals surface area contributed by atoms with E-state index in [1.54, 1.807) is 0 Å². The van der Waals surface area contributed by atoms with E-state index in [4.69, 9.17) is 16.3 Å². The van der Waals surface area contributed by atoms with Gasteiger partial charge in [0.15, 0.2) is 0 Å². The van der Waals surface area contributed by atoms with Gasteiger partial charge in [-0.2, -0.15) is 0 Å². The molecule has 0 spiro atoms. The minimum Gasteiger partial charge on any atom is -0.487 e. The van der Waals surface area contributed by atoms with Crippen LogP contribution in [0.5, 0.6) is 5.75 Å². The predicted octanol–water partition coefficient (Wildman–Crippen LogP) is 4.48. The van der Waals surface area contributed by atoms with E-state index in [1.165, 1.54) is 11.1 Å². The molecule has 0 aromatic heterocycles. The second-order valence-corrected chi connectivity index (χ2v) is 5.69. The largest absolute Gasteiger partial charge is 0.487 e. The van der Waals surface area contributed by atoms with Gasteiger partial charge in [0.05, 0.1) is 5.38 Å². The number of benzene rings is 1. The van der Waals surface area contributed by atoms with E-state index in [9.17, 15) is 0 Å². The van der Waals surface area contributed by atoms with Crippen molar-refractivity contribution in [1.82, 2.24) is 0 Å². The third kappa shape index (κ3) is 2.35. The number of hydrogen-bond acceptors (Lipinski definition) is 1. The minimum atomic E-state index is -0.0620. The molecule has 0 saturated carbocycles. The standard InChI is InChI=1S/C14H19ClO/c1-4-5-12(15)10-6-7-13-11(8-10)9-14(2,3)16-13/h6-8,12H,4-5,9H2,1-3H3. The quantitative estimate of drug-likeness (QED) is 0.706. The maximum atomic E-state index is 6.34. The number of alkyl halides is 1. The molecule has 1 aliphatic heterocycles. The topological polar surface area (TPSA) is 9.23 Å². The smallest absolute Gasteiger partial charge is 0.123 e. The van der Waals surface area contributed by atoms with Crippen LogP contribution >= 0.6 is 11.6 Å². The van der Waals surface area contributed by atoms with Crippen molar-refractivity contribution in [2.24, 2.45) is 0 Å².